The number of imidazole rings is 1. The maximum atomic E-state index is 12.2. The first kappa shape index (κ1) is 15.8. The van der Waals surface area contributed by atoms with Crippen molar-refractivity contribution in [3.05, 3.63) is 48.0 Å². The third-order valence-corrected chi connectivity index (χ3v) is 4.86. The quantitative estimate of drug-likeness (QED) is 0.687. The number of fused-ring (bicyclic) bond motifs is 2. The van der Waals surface area contributed by atoms with Crippen LogP contribution in [0.3, 0.4) is 0 Å². The lowest BCUT2D eigenvalue weighted by molar-refractivity contribution is -0.119. The number of aromatic nitrogens is 2. The zero-order valence-corrected chi connectivity index (χ0v) is 14.4. The molecule has 2 N–H and O–H groups in total. The Morgan fingerprint density at radius 1 is 1.28 bits per heavy atom. The molecule has 3 aromatic rings. The summed E-state index contributed by atoms with van der Waals surface area (Å²) in [6.45, 7) is 2.19. The summed E-state index contributed by atoms with van der Waals surface area (Å²) in [4.78, 5) is 19.9. The molecule has 0 aliphatic carbocycles. The number of ether oxygens (including phenoxy) is 2. The Bertz CT molecular complexity index is 892. The van der Waals surface area contributed by atoms with Gasteiger partial charge in [0.15, 0.2) is 16.7 Å². The number of thioether (sulfide) groups is 1. The Morgan fingerprint density at radius 3 is 3.00 bits per heavy atom. The van der Waals surface area contributed by atoms with Crippen LogP contribution < -0.4 is 14.8 Å². The number of nitrogens with one attached hydrogen (secondary N) is 2. The largest absolute Gasteiger partial charge is 0.454 e. The van der Waals surface area contributed by atoms with Crippen LogP contribution in [0.2, 0.25) is 0 Å². The van der Waals surface area contributed by atoms with Crippen molar-refractivity contribution in [3.63, 3.8) is 0 Å². The van der Waals surface area contributed by atoms with Gasteiger partial charge in [-0.3, -0.25) is 4.79 Å². The van der Waals surface area contributed by atoms with E-state index in [9.17, 15) is 4.79 Å². The van der Waals surface area contributed by atoms with Gasteiger partial charge in [-0.2, -0.15) is 0 Å². The lowest BCUT2D eigenvalue weighted by Crippen LogP contribution is -2.28. The molecule has 0 radical (unpaired) electrons. The average Bonchev–Trinajstić information content (AvgIpc) is 3.25. The molecule has 0 bridgehead atoms. The van der Waals surface area contributed by atoms with E-state index < -0.39 is 0 Å². The highest BCUT2D eigenvalue weighted by molar-refractivity contribution is 7.99. The van der Waals surface area contributed by atoms with Crippen LogP contribution in [0.5, 0.6) is 11.5 Å². The highest BCUT2D eigenvalue weighted by Gasteiger charge is 2.17. The number of carbonyl (C=O) groups is 1. The first-order valence-corrected chi connectivity index (χ1v) is 8.94. The van der Waals surface area contributed by atoms with Crippen molar-refractivity contribution in [1.82, 2.24) is 15.3 Å². The number of hydrogen-bond donors (Lipinski definition) is 2. The molecule has 1 atom stereocenters. The van der Waals surface area contributed by atoms with E-state index in [1.165, 1.54) is 11.8 Å². The number of H-pyrrole nitrogens is 1. The molecule has 1 amide bonds. The fraction of sp³-hybridized carbons (Fsp3) is 0.222. The summed E-state index contributed by atoms with van der Waals surface area (Å²) in [6, 6.07) is 13.4. The van der Waals surface area contributed by atoms with Crippen molar-refractivity contribution in [2.45, 2.75) is 18.1 Å². The van der Waals surface area contributed by atoms with Crippen LogP contribution in [-0.2, 0) is 4.79 Å². The molecule has 0 unspecified atom stereocenters. The van der Waals surface area contributed by atoms with Gasteiger partial charge in [-0.25, -0.2) is 4.98 Å². The van der Waals surface area contributed by atoms with E-state index in [4.69, 9.17) is 9.47 Å². The summed E-state index contributed by atoms with van der Waals surface area (Å²) in [7, 11) is 0. The molecule has 6 nitrogen and oxygen atoms in total. The van der Waals surface area contributed by atoms with Gasteiger partial charge in [0.25, 0.3) is 0 Å². The lowest BCUT2D eigenvalue weighted by Gasteiger charge is -2.14. The van der Waals surface area contributed by atoms with E-state index in [0.29, 0.717) is 5.75 Å². The van der Waals surface area contributed by atoms with Crippen LogP contribution in [0.1, 0.15) is 18.5 Å². The van der Waals surface area contributed by atoms with Gasteiger partial charge >= 0.3 is 0 Å². The fourth-order valence-electron chi connectivity index (χ4n) is 2.68. The van der Waals surface area contributed by atoms with Crippen molar-refractivity contribution >= 4 is 28.7 Å². The third kappa shape index (κ3) is 3.41. The predicted molar refractivity (Wildman–Crippen MR) is 95.9 cm³/mol. The maximum Gasteiger partial charge on any atom is 0.231 e. The fourth-order valence-corrected chi connectivity index (χ4v) is 3.38. The maximum absolute atomic E-state index is 12.2. The summed E-state index contributed by atoms with van der Waals surface area (Å²) in [5.74, 6) is 1.71. The summed E-state index contributed by atoms with van der Waals surface area (Å²) >= 11 is 1.39. The number of benzene rings is 2. The minimum atomic E-state index is -0.113. The number of para-hydroxylation sites is 2. The molecular formula is C18H17N3O3S. The molecule has 2 heterocycles. The number of rotatable bonds is 5. The van der Waals surface area contributed by atoms with Gasteiger partial charge in [0, 0.05) is 0 Å². The summed E-state index contributed by atoms with van der Waals surface area (Å²) in [5.41, 5.74) is 2.85. The first-order valence-electron chi connectivity index (χ1n) is 7.95. The van der Waals surface area contributed by atoms with Gasteiger partial charge in [-0.05, 0) is 36.8 Å². The molecule has 0 spiro atoms. The van der Waals surface area contributed by atoms with Crippen molar-refractivity contribution in [2.75, 3.05) is 12.5 Å². The van der Waals surface area contributed by atoms with Crippen molar-refractivity contribution in [2.24, 2.45) is 0 Å². The first-order chi connectivity index (χ1) is 12.2. The van der Waals surface area contributed by atoms with Crippen LogP contribution in [0, 0.1) is 0 Å². The number of hydrogen-bond acceptors (Lipinski definition) is 5. The number of nitrogens with zero attached hydrogens (tertiary/aromatic N) is 1. The van der Waals surface area contributed by atoms with E-state index in [0.717, 1.165) is 33.3 Å². The monoisotopic (exact) mass is 355 g/mol. The molecule has 1 aliphatic heterocycles. The second kappa shape index (κ2) is 6.68. The van der Waals surface area contributed by atoms with Crippen molar-refractivity contribution in [1.29, 1.82) is 0 Å². The van der Waals surface area contributed by atoms with Crippen LogP contribution in [0.15, 0.2) is 47.6 Å². The number of carbonyl (C=O) groups excluding carboxylic acids is 1. The van der Waals surface area contributed by atoms with Crippen molar-refractivity contribution in [3.8, 4) is 11.5 Å². The van der Waals surface area contributed by atoms with Gasteiger partial charge < -0.3 is 19.8 Å². The minimum Gasteiger partial charge on any atom is -0.454 e. The second-order valence-corrected chi connectivity index (χ2v) is 6.71. The number of amides is 1. The van der Waals surface area contributed by atoms with E-state index in [1.54, 1.807) is 0 Å². The van der Waals surface area contributed by atoms with E-state index >= 15 is 0 Å². The highest BCUT2D eigenvalue weighted by Crippen LogP contribution is 2.34. The summed E-state index contributed by atoms with van der Waals surface area (Å²) < 4.78 is 10.7. The minimum absolute atomic E-state index is 0.0457. The summed E-state index contributed by atoms with van der Waals surface area (Å²) in [6.07, 6.45) is 0. The predicted octanol–water partition coefficient (Wildman–Crippen LogP) is 3.26. The molecule has 0 fully saturated rings. The molecule has 25 heavy (non-hydrogen) atoms. The van der Waals surface area contributed by atoms with Crippen molar-refractivity contribution < 1.29 is 14.3 Å². The topological polar surface area (TPSA) is 76.2 Å². The number of aromatic amines is 1. The van der Waals surface area contributed by atoms with E-state index in [2.05, 4.69) is 15.3 Å². The Hall–Kier alpha value is -2.67. The Labute approximate surface area is 148 Å². The zero-order valence-electron chi connectivity index (χ0n) is 13.6. The van der Waals surface area contributed by atoms with Gasteiger partial charge in [-0.1, -0.05) is 30.0 Å². The second-order valence-electron chi connectivity index (χ2n) is 5.75. The van der Waals surface area contributed by atoms with Gasteiger partial charge in [0.05, 0.1) is 22.8 Å². The molecule has 0 saturated heterocycles. The lowest BCUT2D eigenvalue weighted by atomic mass is 10.1. The normalized spacial score (nSPS) is 13.8. The van der Waals surface area contributed by atoms with Crippen LogP contribution in [0.4, 0.5) is 0 Å². The van der Waals surface area contributed by atoms with Crippen LogP contribution >= 0.6 is 11.8 Å². The third-order valence-electron chi connectivity index (χ3n) is 3.98. The average molecular weight is 355 g/mol. The molecule has 2 aromatic carbocycles. The summed E-state index contributed by atoms with van der Waals surface area (Å²) in [5, 5.41) is 3.74. The molecule has 1 aromatic heterocycles. The highest BCUT2D eigenvalue weighted by atomic mass is 32.2. The van der Waals surface area contributed by atoms with E-state index in [-0.39, 0.29) is 18.7 Å². The zero-order chi connectivity index (χ0) is 17.2. The van der Waals surface area contributed by atoms with Crippen LogP contribution in [-0.4, -0.2) is 28.4 Å². The molecule has 0 saturated carbocycles. The Balaban J connectivity index is 1.35. The van der Waals surface area contributed by atoms with Gasteiger partial charge in [0.2, 0.25) is 12.7 Å². The molecule has 1 aliphatic rings. The van der Waals surface area contributed by atoms with Gasteiger partial charge in [0.1, 0.15) is 0 Å². The molecular weight excluding hydrogens is 338 g/mol. The standard InChI is InChI=1S/C18H17N3O3S/c1-11(12-6-7-15-16(8-12)24-10-23-15)19-17(22)9-25-18-20-13-4-2-3-5-14(13)21-18/h2-8,11H,9-10H2,1H3,(H,19,22)(H,20,21)/t11-/m0/s1. The molecule has 4 rings (SSSR count). The van der Waals surface area contributed by atoms with E-state index in [1.807, 2.05) is 49.4 Å². The van der Waals surface area contributed by atoms with Crippen LogP contribution in [0.25, 0.3) is 11.0 Å². The Kier molecular flexibility index (Phi) is 4.23. The SMILES string of the molecule is C[C@H](NC(=O)CSc1nc2ccccc2[nH]1)c1ccc2c(c1)OCO2. The Morgan fingerprint density at radius 2 is 2.12 bits per heavy atom. The molecule has 128 valence electrons. The van der Waals surface area contributed by atoms with Gasteiger partial charge in [-0.15, -0.1) is 0 Å². The smallest absolute Gasteiger partial charge is 0.231 e. The molecule has 7 heteroatoms.